The molecule has 2 aromatic rings. The average Bonchev–Trinajstić information content (AvgIpc) is 2.79. The zero-order valence-corrected chi connectivity index (χ0v) is 20.2. The van der Waals surface area contributed by atoms with Gasteiger partial charge >= 0.3 is 5.97 Å². The number of nitrogens with one attached hydrogen (secondary N) is 1. The van der Waals surface area contributed by atoms with Gasteiger partial charge in [-0.1, -0.05) is 18.2 Å². The molecule has 1 aliphatic rings. The predicted molar refractivity (Wildman–Crippen MR) is 125 cm³/mol. The van der Waals surface area contributed by atoms with Crippen LogP contribution in [0.5, 0.6) is 11.5 Å². The van der Waals surface area contributed by atoms with Crippen LogP contribution in [0.25, 0.3) is 0 Å². The quantitative estimate of drug-likeness (QED) is 0.404. The van der Waals surface area contributed by atoms with Crippen LogP contribution in [0, 0.1) is 0 Å². The van der Waals surface area contributed by atoms with Gasteiger partial charge < -0.3 is 24.4 Å². The van der Waals surface area contributed by atoms with Crippen molar-refractivity contribution in [1.29, 1.82) is 0 Å². The van der Waals surface area contributed by atoms with E-state index in [1.165, 1.54) is 4.90 Å². The minimum absolute atomic E-state index is 0.0119. The van der Waals surface area contributed by atoms with Crippen molar-refractivity contribution in [3.63, 3.8) is 0 Å². The van der Waals surface area contributed by atoms with Crippen molar-refractivity contribution in [3.05, 3.63) is 58.6 Å². The first kappa shape index (κ1) is 24.6. The molecule has 176 valence electrons. The van der Waals surface area contributed by atoms with Gasteiger partial charge in [-0.2, -0.15) is 0 Å². The molecule has 33 heavy (non-hydrogen) atoms. The van der Waals surface area contributed by atoms with Gasteiger partial charge in [-0.15, -0.1) is 0 Å². The Morgan fingerprint density at radius 1 is 1.15 bits per heavy atom. The first-order valence-corrected chi connectivity index (χ1v) is 11.5. The lowest BCUT2D eigenvalue weighted by atomic mass is 10.1. The van der Waals surface area contributed by atoms with Gasteiger partial charge in [-0.3, -0.25) is 14.4 Å². The molecular formula is C24H27BrN2O6. The number of benzene rings is 2. The zero-order valence-electron chi connectivity index (χ0n) is 18.6. The maximum atomic E-state index is 13.2. The summed E-state index contributed by atoms with van der Waals surface area (Å²) in [5.41, 5.74) is 0.391. The number of rotatable bonds is 9. The number of para-hydroxylation sites is 1. The van der Waals surface area contributed by atoms with E-state index in [9.17, 15) is 14.4 Å². The number of amides is 2. The van der Waals surface area contributed by atoms with Crippen LogP contribution in [-0.4, -0.2) is 61.1 Å². The fraction of sp³-hybridized carbons (Fsp3) is 0.375. The summed E-state index contributed by atoms with van der Waals surface area (Å²) in [6.45, 7) is 4.66. The molecular weight excluding hydrogens is 492 g/mol. The first-order valence-electron chi connectivity index (χ1n) is 10.7. The van der Waals surface area contributed by atoms with Crippen molar-refractivity contribution in [1.82, 2.24) is 10.2 Å². The van der Waals surface area contributed by atoms with E-state index in [4.69, 9.17) is 14.2 Å². The molecule has 2 amide bonds. The summed E-state index contributed by atoms with van der Waals surface area (Å²) in [6, 6.07) is 13.2. The van der Waals surface area contributed by atoms with Crippen molar-refractivity contribution in [2.24, 2.45) is 0 Å². The molecule has 0 bridgehead atoms. The second kappa shape index (κ2) is 11.7. The van der Waals surface area contributed by atoms with E-state index in [0.29, 0.717) is 34.6 Å². The van der Waals surface area contributed by atoms with Crippen LogP contribution in [0.3, 0.4) is 0 Å². The van der Waals surface area contributed by atoms with Crippen LogP contribution in [0.2, 0.25) is 0 Å². The summed E-state index contributed by atoms with van der Waals surface area (Å²) >= 11 is 3.43. The highest BCUT2D eigenvalue weighted by atomic mass is 79.9. The van der Waals surface area contributed by atoms with Crippen molar-refractivity contribution in [2.45, 2.75) is 32.4 Å². The SMILES string of the molecule is CC(C)Oc1ccc(C(=O)N2CCNC(=O)C2CC(=O)OCCOc2ccccc2)cc1Br. The highest BCUT2D eigenvalue weighted by molar-refractivity contribution is 9.10. The Morgan fingerprint density at radius 3 is 2.61 bits per heavy atom. The maximum Gasteiger partial charge on any atom is 0.308 e. The summed E-state index contributed by atoms with van der Waals surface area (Å²) in [5.74, 6) is -0.00474. The van der Waals surface area contributed by atoms with Gasteiger partial charge in [0.2, 0.25) is 5.91 Å². The summed E-state index contributed by atoms with van der Waals surface area (Å²) in [6.07, 6.45) is -0.249. The Bertz CT molecular complexity index is 982. The normalized spacial score (nSPS) is 15.7. The third-order valence-electron chi connectivity index (χ3n) is 4.85. The van der Waals surface area contributed by atoms with Gasteiger partial charge in [0, 0.05) is 18.7 Å². The molecule has 0 spiro atoms. The fourth-order valence-electron chi connectivity index (χ4n) is 3.36. The van der Waals surface area contributed by atoms with E-state index in [1.807, 2.05) is 32.0 Å². The lowest BCUT2D eigenvalue weighted by Gasteiger charge is -2.34. The summed E-state index contributed by atoms with van der Waals surface area (Å²) in [5, 5.41) is 2.71. The van der Waals surface area contributed by atoms with Gasteiger partial charge in [-0.05, 0) is 60.1 Å². The molecule has 0 aliphatic carbocycles. The molecule has 9 heteroatoms. The minimum atomic E-state index is -0.945. The van der Waals surface area contributed by atoms with Crippen LogP contribution >= 0.6 is 15.9 Å². The molecule has 1 aliphatic heterocycles. The van der Waals surface area contributed by atoms with Crippen molar-refractivity contribution in [3.8, 4) is 11.5 Å². The van der Waals surface area contributed by atoms with Crippen LogP contribution < -0.4 is 14.8 Å². The van der Waals surface area contributed by atoms with Crippen LogP contribution in [-0.2, 0) is 14.3 Å². The minimum Gasteiger partial charge on any atom is -0.490 e. The van der Waals surface area contributed by atoms with Crippen molar-refractivity contribution in [2.75, 3.05) is 26.3 Å². The topological polar surface area (TPSA) is 94.2 Å². The van der Waals surface area contributed by atoms with Gasteiger partial charge in [0.15, 0.2) is 0 Å². The monoisotopic (exact) mass is 518 g/mol. The van der Waals surface area contributed by atoms with E-state index in [1.54, 1.807) is 30.3 Å². The number of esters is 1. The standard InChI is InChI=1S/C24H27BrN2O6/c1-16(2)33-21-9-8-17(14-19(21)25)24(30)27-11-10-26-23(29)20(27)15-22(28)32-13-12-31-18-6-4-3-5-7-18/h3-9,14,16,20H,10-13,15H2,1-2H3,(H,26,29). The molecule has 1 N–H and O–H groups in total. The maximum absolute atomic E-state index is 13.2. The molecule has 8 nitrogen and oxygen atoms in total. The molecule has 1 atom stereocenters. The molecule has 0 radical (unpaired) electrons. The Hall–Kier alpha value is -3.07. The summed E-state index contributed by atoms with van der Waals surface area (Å²) < 4.78 is 17.0. The molecule has 1 heterocycles. The number of carbonyl (C=O) groups is 3. The second-order valence-corrected chi connectivity index (χ2v) is 8.56. The Kier molecular flexibility index (Phi) is 8.71. The van der Waals surface area contributed by atoms with Crippen LogP contribution in [0.15, 0.2) is 53.0 Å². The number of hydrogen-bond acceptors (Lipinski definition) is 6. The van der Waals surface area contributed by atoms with Gasteiger partial charge in [0.25, 0.3) is 5.91 Å². The predicted octanol–water partition coefficient (Wildman–Crippen LogP) is 3.19. The average molecular weight is 519 g/mol. The molecule has 0 aromatic heterocycles. The third-order valence-corrected chi connectivity index (χ3v) is 5.47. The smallest absolute Gasteiger partial charge is 0.308 e. The summed E-state index contributed by atoms with van der Waals surface area (Å²) in [4.78, 5) is 39.4. The Balaban J connectivity index is 1.59. The number of hydrogen-bond donors (Lipinski definition) is 1. The first-order chi connectivity index (χ1) is 15.8. The molecule has 1 saturated heterocycles. The molecule has 0 saturated carbocycles. The van der Waals surface area contributed by atoms with E-state index in [2.05, 4.69) is 21.2 Å². The molecule has 3 rings (SSSR count). The number of carbonyl (C=O) groups excluding carboxylic acids is 3. The number of nitrogens with zero attached hydrogens (tertiary/aromatic N) is 1. The number of ether oxygens (including phenoxy) is 3. The van der Waals surface area contributed by atoms with E-state index in [-0.39, 0.29) is 37.6 Å². The van der Waals surface area contributed by atoms with Gasteiger partial charge in [0.05, 0.1) is 17.0 Å². The number of piperazine rings is 1. The molecule has 2 aromatic carbocycles. The highest BCUT2D eigenvalue weighted by Gasteiger charge is 2.35. The molecule has 1 fully saturated rings. The van der Waals surface area contributed by atoms with E-state index in [0.717, 1.165) is 0 Å². The third kappa shape index (κ3) is 6.95. The van der Waals surface area contributed by atoms with Gasteiger partial charge in [-0.25, -0.2) is 0 Å². The van der Waals surface area contributed by atoms with E-state index >= 15 is 0 Å². The molecule has 1 unspecified atom stereocenters. The number of halogens is 1. The Morgan fingerprint density at radius 2 is 1.91 bits per heavy atom. The second-order valence-electron chi connectivity index (χ2n) is 7.70. The largest absolute Gasteiger partial charge is 0.490 e. The Labute approximate surface area is 201 Å². The van der Waals surface area contributed by atoms with Crippen molar-refractivity contribution >= 4 is 33.7 Å². The van der Waals surface area contributed by atoms with Crippen molar-refractivity contribution < 1.29 is 28.6 Å². The van der Waals surface area contributed by atoms with Gasteiger partial charge in [0.1, 0.15) is 30.8 Å². The summed E-state index contributed by atoms with van der Waals surface area (Å²) in [7, 11) is 0. The van der Waals surface area contributed by atoms with E-state index < -0.39 is 12.0 Å². The lowest BCUT2D eigenvalue weighted by Crippen LogP contribution is -2.57. The van der Waals surface area contributed by atoms with Crippen LogP contribution in [0.4, 0.5) is 0 Å². The zero-order chi connectivity index (χ0) is 23.8. The highest BCUT2D eigenvalue weighted by Crippen LogP contribution is 2.28. The van der Waals surface area contributed by atoms with Crippen LogP contribution in [0.1, 0.15) is 30.6 Å². The lowest BCUT2D eigenvalue weighted by molar-refractivity contribution is -0.148. The fourth-order valence-corrected chi connectivity index (χ4v) is 3.83.